The summed E-state index contributed by atoms with van der Waals surface area (Å²) in [6, 6.07) is 4.97. The highest BCUT2D eigenvalue weighted by Gasteiger charge is 2.02. The van der Waals surface area contributed by atoms with Gasteiger partial charge in [-0.15, -0.1) is 0 Å². The third-order valence-electron chi connectivity index (χ3n) is 2.37. The van der Waals surface area contributed by atoms with Crippen molar-refractivity contribution in [1.82, 2.24) is 0 Å². The van der Waals surface area contributed by atoms with Crippen LogP contribution in [0.1, 0.15) is 18.1 Å². The van der Waals surface area contributed by atoms with Crippen LogP contribution in [0.25, 0.3) is 0 Å². The number of halogens is 1. The molecule has 0 aromatic heterocycles. The van der Waals surface area contributed by atoms with Gasteiger partial charge in [0.2, 0.25) is 0 Å². The maximum absolute atomic E-state index is 12.8. The summed E-state index contributed by atoms with van der Waals surface area (Å²) in [5.41, 5.74) is 7.78. The Kier molecular flexibility index (Phi) is 5.12. The van der Waals surface area contributed by atoms with Crippen LogP contribution in [-0.2, 0) is 5.75 Å². The minimum Gasteiger partial charge on any atom is -0.330 e. The average Bonchev–Trinajstić information content (AvgIpc) is 2.21. The van der Waals surface area contributed by atoms with Crippen molar-refractivity contribution in [2.45, 2.75) is 19.6 Å². The Morgan fingerprint density at radius 3 is 2.80 bits per heavy atom. The summed E-state index contributed by atoms with van der Waals surface area (Å²) >= 11 is 1.86. The standard InChI is InChI=1S/C12H18FNS/c1-9(6-14)7-15-8-11-3-4-12(13)5-10(11)2/h3-5,9H,6-8,14H2,1-2H3. The molecule has 1 rings (SSSR count). The zero-order chi connectivity index (χ0) is 11.3. The quantitative estimate of drug-likeness (QED) is 0.837. The van der Waals surface area contributed by atoms with Crippen LogP contribution in [0.15, 0.2) is 18.2 Å². The van der Waals surface area contributed by atoms with Crippen molar-refractivity contribution < 1.29 is 4.39 Å². The van der Waals surface area contributed by atoms with Crippen LogP contribution in [0.4, 0.5) is 4.39 Å². The molecular weight excluding hydrogens is 209 g/mol. The molecule has 0 amide bonds. The normalized spacial score (nSPS) is 12.8. The zero-order valence-electron chi connectivity index (χ0n) is 9.29. The second-order valence-corrected chi connectivity index (χ2v) is 4.96. The van der Waals surface area contributed by atoms with E-state index in [0.29, 0.717) is 5.92 Å². The van der Waals surface area contributed by atoms with E-state index < -0.39 is 0 Å². The molecule has 0 saturated carbocycles. The van der Waals surface area contributed by atoms with E-state index in [9.17, 15) is 4.39 Å². The molecule has 1 aromatic rings. The number of benzene rings is 1. The van der Waals surface area contributed by atoms with Crippen molar-refractivity contribution in [3.8, 4) is 0 Å². The maximum Gasteiger partial charge on any atom is 0.123 e. The van der Waals surface area contributed by atoms with Crippen molar-refractivity contribution >= 4 is 11.8 Å². The van der Waals surface area contributed by atoms with Crippen LogP contribution < -0.4 is 5.73 Å². The first kappa shape index (κ1) is 12.5. The van der Waals surface area contributed by atoms with E-state index in [-0.39, 0.29) is 5.82 Å². The van der Waals surface area contributed by atoms with Crippen LogP contribution in [0, 0.1) is 18.7 Å². The van der Waals surface area contributed by atoms with Gasteiger partial charge in [0.1, 0.15) is 5.82 Å². The van der Waals surface area contributed by atoms with Gasteiger partial charge in [-0.25, -0.2) is 4.39 Å². The third-order valence-corrected chi connectivity index (χ3v) is 3.69. The second kappa shape index (κ2) is 6.13. The lowest BCUT2D eigenvalue weighted by molar-refractivity contribution is 0.626. The van der Waals surface area contributed by atoms with Crippen LogP contribution in [0.3, 0.4) is 0 Å². The average molecular weight is 227 g/mol. The number of aryl methyl sites for hydroxylation is 1. The molecule has 0 aliphatic heterocycles. The molecule has 0 spiro atoms. The molecule has 2 N–H and O–H groups in total. The largest absolute Gasteiger partial charge is 0.330 e. The van der Waals surface area contributed by atoms with E-state index in [0.717, 1.165) is 23.6 Å². The summed E-state index contributed by atoms with van der Waals surface area (Å²) in [7, 11) is 0. The van der Waals surface area contributed by atoms with Crippen LogP contribution in [-0.4, -0.2) is 12.3 Å². The highest BCUT2D eigenvalue weighted by molar-refractivity contribution is 7.98. The lowest BCUT2D eigenvalue weighted by atomic mass is 10.1. The van der Waals surface area contributed by atoms with E-state index in [1.54, 1.807) is 6.07 Å². The van der Waals surface area contributed by atoms with E-state index in [1.807, 2.05) is 24.8 Å². The first-order valence-electron chi connectivity index (χ1n) is 5.16. The van der Waals surface area contributed by atoms with E-state index >= 15 is 0 Å². The fourth-order valence-corrected chi connectivity index (χ4v) is 2.46. The number of nitrogens with two attached hydrogens (primary N) is 1. The van der Waals surface area contributed by atoms with Crippen LogP contribution in [0.2, 0.25) is 0 Å². The van der Waals surface area contributed by atoms with Crippen LogP contribution in [0.5, 0.6) is 0 Å². The lowest BCUT2D eigenvalue weighted by Crippen LogP contribution is -2.12. The summed E-state index contributed by atoms with van der Waals surface area (Å²) in [6.45, 7) is 4.82. The Balaban J connectivity index is 2.44. The van der Waals surface area contributed by atoms with Gasteiger partial charge in [-0.1, -0.05) is 13.0 Å². The Bertz CT molecular complexity index is 314. The van der Waals surface area contributed by atoms with Gasteiger partial charge in [0.25, 0.3) is 0 Å². The predicted octanol–water partition coefficient (Wildman–Crippen LogP) is 2.96. The van der Waals surface area contributed by atoms with E-state index in [1.165, 1.54) is 11.6 Å². The summed E-state index contributed by atoms with van der Waals surface area (Å²) in [5, 5.41) is 0. The second-order valence-electron chi connectivity index (χ2n) is 3.93. The minimum atomic E-state index is -0.156. The van der Waals surface area contributed by atoms with Gasteiger partial charge in [0, 0.05) is 5.75 Å². The summed E-state index contributed by atoms with van der Waals surface area (Å²) < 4.78 is 12.8. The summed E-state index contributed by atoms with van der Waals surface area (Å²) in [4.78, 5) is 0. The van der Waals surface area contributed by atoms with E-state index in [2.05, 4.69) is 6.92 Å². The van der Waals surface area contributed by atoms with Crippen molar-refractivity contribution in [2.24, 2.45) is 11.7 Å². The molecular formula is C12H18FNS. The predicted molar refractivity (Wildman–Crippen MR) is 65.5 cm³/mol. The molecule has 0 aliphatic rings. The van der Waals surface area contributed by atoms with Crippen molar-refractivity contribution in [3.05, 3.63) is 35.1 Å². The molecule has 0 saturated heterocycles. The third kappa shape index (κ3) is 4.22. The highest BCUT2D eigenvalue weighted by Crippen LogP contribution is 2.18. The topological polar surface area (TPSA) is 26.0 Å². The lowest BCUT2D eigenvalue weighted by Gasteiger charge is -2.09. The highest BCUT2D eigenvalue weighted by atomic mass is 32.2. The van der Waals surface area contributed by atoms with Gasteiger partial charge < -0.3 is 5.73 Å². The fourth-order valence-electron chi connectivity index (χ4n) is 1.26. The van der Waals surface area contributed by atoms with Gasteiger partial charge in [-0.2, -0.15) is 11.8 Å². The molecule has 0 radical (unpaired) electrons. The molecule has 1 unspecified atom stereocenters. The Labute approximate surface area is 95.2 Å². The number of rotatable bonds is 5. The number of hydrogen-bond donors (Lipinski definition) is 1. The summed E-state index contributed by atoms with van der Waals surface area (Å²) in [5.74, 6) is 2.40. The van der Waals surface area contributed by atoms with Gasteiger partial charge in [0.15, 0.2) is 0 Å². The Hall–Kier alpha value is -0.540. The van der Waals surface area contributed by atoms with Crippen molar-refractivity contribution in [2.75, 3.05) is 12.3 Å². The molecule has 0 aliphatic carbocycles. The molecule has 1 atom stereocenters. The van der Waals surface area contributed by atoms with Gasteiger partial charge in [-0.3, -0.25) is 0 Å². The molecule has 1 aromatic carbocycles. The Morgan fingerprint density at radius 1 is 1.47 bits per heavy atom. The smallest absolute Gasteiger partial charge is 0.123 e. The fraction of sp³-hybridized carbons (Fsp3) is 0.500. The van der Waals surface area contributed by atoms with Crippen molar-refractivity contribution in [1.29, 1.82) is 0 Å². The van der Waals surface area contributed by atoms with Crippen LogP contribution >= 0.6 is 11.8 Å². The van der Waals surface area contributed by atoms with E-state index in [4.69, 9.17) is 5.73 Å². The van der Waals surface area contributed by atoms with Gasteiger partial charge in [0.05, 0.1) is 0 Å². The molecule has 0 heterocycles. The van der Waals surface area contributed by atoms with Gasteiger partial charge in [-0.05, 0) is 48.4 Å². The minimum absolute atomic E-state index is 0.156. The monoisotopic (exact) mass is 227 g/mol. The van der Waals surface area contributed by atoms with Crippen molar-refractivity contribution in [3.63, 3.8) is 0 Å². The molecule has 84 valence electrons. The number of hydrogen-bond acceptors (Lipinski definition) is 2. The zero-order valence-corrected chi connectivity index (χ0v) is 10.1. The summed E-state index contributed by atoms with van der Waals surface area (Å²) in [6.07, 6.45) is 0. The molecule has 0 bridgehead atoms. The molecule has 3 heteroatoms. The molecule has 0 fully saturated rings. The Morgan fingerprint density at radius 2 is 2.20 bits per heavy atom. The van der Waals surface area contributed by atoms with Gasteiger partial charge >= 0.3 is 0 Å². The first-order chi connectivity index (χ1) is 7.13. The SMILES string of the molecule is Cc1cc(F)ccc1CSCC(C)CN. The first-order valence-corrected chi connectivity index (χ1v) is 6.31. The molecule has 1 nitrogen and oxygen atoms in total. The number of thioether (sulfide) groups is 1. The maximum atomic E-state index is 12.8. The molecule has 15 heavy (non-hydrogen) atoms.